The first kappa shape index (κ1) is 16.0. The molecule has 0 aliphatic heterocycles. The maximum Gasteiger partial charge on any atom is 0.336 e. The minimum Gasteiger partial charge on any atom is -0.478 e. The maximum absolute atomic E-state index is 11.9. The molecule has 0 saturated carbocycles. The number of likely N-dealkylation sites (N-methyl/N-ethyl adjacent to an activating group) is 1. The van der Waals surface area contributed by atoms with Crippen molar-refractivity contribution in [2.45, 2.75) is 26.9 Å². The van der Waals surface area contributed by atoms with Gasteiger partial charge in [-0.15, -0.1) is 0 Å². The van der Waals surface area contributed by atoms with Crippen molar-refractivity contribution in [1.82, 2.24) is 4.90 Å². The van der Waals surface area contributed by atoms with E-state index >= 15 is 0 Å². The van der Waals surface area contributed by atoms with Gasteiger partial charge < -0.3 is 20.4 Å². The number of nitrogens with zero attached hydrogens (tertiary/aromatic N) is 1. The molecule has 0 heterocycles. The fourth-order valence-corrected chi connectivity index (χ4v) is 1.85. The average Bonchev–Trinajstić information content (AvgIpc) is 2.32. The number of nitrogens with one attached hydrogen (secondary N) is 1. The lowest BCUT2D eigenvalue weighted by Crippen LogP contribution is -2.36. The SMILES string of the molecule is Cc1cc(NC(=O)N(C)CC(C)O)cc(C(=O)O)c1C. The molecule has 110 valence electrons. The quantitative estimate of drug-likeness (QED) is 0.785. The van der Waals surface area contributed by atoms with Crippen molar-refractivity contribution >= 4 is 17.7 Å². The smallest absolute Gasteiger partial charge is 0.336 e. The Labute approximate surface area is 118 Å². The number of amides is 2. The minimum atomic E-state index is -1.03. The van der Waals surface area contributed by atoms with Gasteiger partial charge in [-0.1, -0.05) is 0 Å². The van der Waals surface area contributed by atoms with Crippen LogP contribution in [0.15, 0.2) is 12.1 Å². The molecule has 0 saturated heterocycles. The van der Waals surface area contributed by atoms with Gasteiger partial charge in [0.1, 0.15) is 0 Å². The van der Waals surface area contributed by atoms with Gasteiger partial charge in [-0.25, -0.2) is 9.59 Å². The van der Waals surface area contributed by atoms with Crippen LogP contribution in [0.5, 0.6) is 0 Å². The standard InChI is InChI=1S/C14H20N2O4/c1-8-5-11(6-12(10(8)3)13(18)19)15-14(20)16(4)7-9(2)17/h5-6,9,17H,7H2,1-4H3,(H,15,20)(H,18,19). The molecule has 0 aromatic heterocycles. The van der Waals surface area contributed by atoms with Crippen molar-refractivity contribution in [3.05, 3.63) is 28.8 Å². The van der Waals surface area contributed by atoms with Gasteiger partial charge in [0.05, 0.1) is 11.7 Å². The highest BCUT2D eigenvalue weighted by Crippen LogP contribution is 2.20. The van der Waals surface area contributed by atoms with Gasteiger partial charge >= 0.3 is 12.0 Å². The van der Waals surface area contributed by atoms with Crippen molar-refractivity contribution in [3.63, 3.8) is 0 Å². The van der Waals surface area contributed by atoms with Gasteiger partial charge in [0, 0.05) is 19.3 Å². The number of aromatic carboxylic acids is 1. The topological polar surface area (TPSA) is 89.9 Å². The highest BCUT2D eigenvalue weighted by atomic mass is 16.4. The Kier molecular flexibility index (Phi) is 5.10. The van der Waals surface area contributed by atoms with Crippen LogP contribution in [0.3, 0.4) is 0 Å². The van der Waals surface area contributed by atoms with E-state index in [4.69, 9.17) is 5.11 Å². The summed E-state index contributed by atoms with van der Waals surface area (Å²) in [5.74, 6) is -1.03. The van der Waals surface area contributed by atoms with Crippen molar-refractivity contribution < 1.29 is 19.8 Å². The Hall–Kier alpha value is -2.08. The van der Waals surface area contributed by atoms with E-state index in [2.05, 4.69) is 5.32 Å². The highest BCUT2D eigenvalue weighted by molar-refractivity contribution is 5.94. The predicted octanol–water partition coefficient (Wildman–Crippen LogP) is 1.85. The lowest BCUT2D eigenvalue weighted by molar-refractivity contribution is 0.0696. The van der Waals surface area contributed by atoms with Gasteiger partial charge in [0.25, 0.3) is 0 Å². The van der Waals surface area contributed by atoms with E-state index in [1.165, 1.54) is 11.0 Å². The fraction of sp³-hybridized carbons (Fsp3) is 0.429. The number of anilines is 1. The molecule has 1 rings (SSSR count). The van der Waals surface area contributed by atoms with Crippen LogP contribution < -0.4 is 5.32 Å². The molecule has 1 aromatic rings. The second-order valence-electron chi connectivity index (χ2n) is 4.93. The Morgan fingerprint density at radius 3 is 2.45 bits per heavy atom. The Morgan fingerprint density at radius 1 is 1.35 bits per heavy atom. The number of urea groups is 1. The molecule has 6 heteroatoms. The van der Waals surface area contributed by atoms with Crippen LogP contribution in [0.4, 0.5) is 10.5 Å². The third-order valence-electron chi connectivity index (χ3n) is 3.03. The van der Waals surface area contributed by atoms with Crippen LogP contribution in [0.25, 0.3) is 0 Å². The molecule has 0 aliphatic carbocycles. The molecule has 3 N–H and O–H groups in total. The van der Waals surface area contributed by atoms with E-state index in [1.807, 2.05) is 0 Å². The Bertz CT molecular complexity index is 526. The molecule has 2 amide bonds. The van der Waals surface area contributed by atoms with Crippen molar-refractivity contribution in [3.8, 4) is 0 Å². The van der Waals surface area contributed by atoms with Gasteiger partial charge in [0.2, 0.25) is 0 Å². The fourth-order valence-electron chi connectivity index (χ4n) is 1.85. The molecular weight excluding hydrogens is 260 g/mol. The first-order valence-corrected chi connectivity index (χ1v) is 6.27. The first-order chi connectivity index (χ1) is 9.22. The van der Waals surface area contributed by atoms with Gasteiger partial charge in [-0.05, 0) is 44.0 Å². The minimum absolute atomic E-state index is 0.165. The molecule has 0 bridgehead atoms. The summed E-state index contributed by atoms with van der Waals surface area (Å²) in [5.41, 5.74) is 2.05. The van der Waals surface area contributed by atoms with Gasteiger partial charge in [-0.2, -0.15) is 0 Å². The zero-order valence-corrected chi connectivity index (χ0v) is 12.1. The van der Waals surface area contributed by atoms with E-state index in [1.54, 1.807) is 33.9 Å². The third-order valence-corrected chi connectivity index (χ3v) is 3.03. The number of hydrogen-bond acceptors (Lipinski definition) is 3. The summed E-state index contributed by atoms with van der Waals surface area (Å²) in [6, 6.07) is 2.75. The van der Waals surface area contributed by atoms with Crippen molar-refractivity contribution in [1.29, 1.82) is 0 Å². The summed E-state index contributed by atoms with van der Waals surface area (Å²) in [7, 11) is 1.56. The summed E-state index contributed by atoms with van der Waals surface area (Å²) >= 11 is 0. The monoisotopic (exact) mass is 280 g/mol. The summed E-state index contributed by atoms with van der Waals surface area (Å²) in [6.07, 6.45) is -0.625. The zero-order chi connectivity index (χ0) is 15.4. The van der Waals surface area contributed by atoms with E-state index in [9.17, 15) is 14.7 Å². The Morgan fingerprint density at radius 2 is 1.95 bits per heavy atom. The molecule has 0 radical (unpaired) electrons. The molecule has 1 aromatic carbocycles. The lowest BCUT2D eigenvalue weighted by Gasteiger charge is -2.20. The molecule has 0 aliphatic rings. The number of benzene rings is 1. The normalized spacial score (nSPS) is 11.8. The number of carbonyl (C=O) groups excluding carboxylic acids is 1. The van der Waals surface area contributed by atoms with Crippen LogP contribution in [0, 0.1) is 13.8 Å². The molecule has 0 fully saturated rings. The lowest BCUT2D eigenvalue weighted by atomic mass is 10.0. The summed E-state index contributed by atoms with van der Waals surface area (Å²) in [4.78, 5) is 24.4. The highest BCUT2D eigenvalue weighted by Gasteiger charge is 2.14. The number of hydrogen-bond donors (Lipinski definition) is 3. The molecule has 1 atom stereocenters. The summed E-state index contributed by atoms with van der Waals surface area (Å²) in [6.45, 7) is 5.30. The van der Waals surface area contributed by atoms with E-state index in [0.717, 1.165) is 5.56 Å². The molecule has 0 spiro atoms. The average molecular weight is 280 g/mol. The summed E-state index contributed by atoms with van der Waals surface area (Å²) < 4.78 is 0. The number of aryl methyl sites for hydroxylation is 1. The number of rotatable bonds is 4. The molecule has 20 heavy (non-hydrogen) atoms. The van der Waals surface area contributed by atoms with Crippen molar-refractivity contribution in [2.24, 2.45) is 0 Å². The van der Waals surface area contributed by atoms with Crippen LogP contribution in [-0.2, 0) is 0 Å². The summed E-state index contributed by atoms with van der Waals surface area (Å²) in [5, 5.41) is 21.0. The Balaban J connectivity index is 2.93. The molecule has 6 nitrogen and oxygen atoms in total. The van der Waals surface area contributed by atoms with Crippen molar-refractivity contribution in [2.75, 3.05) is 18.9 Å². The molecule has 1 unspecified atom stereocenters. The van der Waals surface area contributed by atoms with E-state index < -0.39 is 18.1 Å². The predicted molar refractivity (Wildman–Crippen MR) is 76.2 cm³/mol. The van der Waals surface area contributed by atoms with Crippen LogP contribution in [0.1, 0.15) is 28.4 Å². The van der Waals surface area contributed by atoms with Crippen LogP contribution in [0.2, 0.25) is 0 Å². The maximum atomic E-state index is 11.9. The van der Waals surface area contributed by atoms with Crippen LogP contribution in [-0.4, -0.2) is 46.8 Å². The van der Waals surface area contributed by atoms with Gasteiger partial charge in [-0.3, -0.25) is 0 Å². The van der Waals surface area contributed by atoms with E-state index in [-0.39, 0.29) is 12.1 Å². The van der Waals surface area contributed by atoms with Crippen LogP contribution >= 0.6 is 0 Å². The number of aliphatic hydroxyl groups is 1. The number of carboxylic acid groups (broad SMARTS) is 1. The molecular formula is C14H20N2O4. The first-order valence-electron chi connectivity index (χ1n) is 6.27. The number of carboxylic acids is 1. The second-order valence-corrected chi connectivity index (χ2v) is 4.93. The second kappa shape index (κ2) is 6.38. The van der Waals surface area contributed by atoms with Gasteiger partial charge in [0.15, 0.2) is 0 Å². The van der Waals surface area contributed by atoms with E-state index in [0.29, 0.717) is 11.3 Å². The number of carbonyl (C=O) groups is 2. The third kappa shape index (κ3) is 3.96. The zero-order valence-electron chi connectivity index (χ0n) is 12.1. The largest absolute Gasteiger partial charge is 0.478 e. The number of aliphatic hydroxyl groups excluding tert-OH is 1.